The topological polar surface area (TPSA) is 65.8 Å². The zero-order valence-electron chi connectivity index (χ0n) is 17.9. The lowest BCUT2D eigenvalue weighted by atomic mass is 9.73. The third-order valence-electron chi connectivity index (χ3n) is 6.70. The van der Waals surface area contributed by atoms with Crippen molar-refractivity contribution in [3.8, 4) is 0 Å². The number of nitrogens with one attached hydrogen (secondary N) is 1. The Bertz CT molecular complexity index is 883. The Morgan fingerprint density at radius 1 is 1.20 bits per heavy atom. The highest BCUT2D eigenvalue weighted by molar-refractivity contribution is 5.93. The summed E-state index contributed by atoms with van der Waals surface area (Å²) >= 11 is 0. The van der Waals surface area contributed by atoms with E-state index in [1.165, 1.54) is 17.4 Å². The van der Waals surface area contributed by atoms with E-state index >= 15 is 0 Å². The van der Waals surface area contributed by atoms with Crippen molar-refractivity contribution in [3.05, 3.63) is 59.5 Å². The molecule has 0 bridgehead atoms. The molecule has 4 rings (SSSR count). The first-order valence-corrected chi connectivity index (χ1v) is 10.8. The maximum Gasteiger partial charge on any atom is 0.257 e. The van der Waals surface area contributed by atoms with Gasteiger partial charge in [0, 0.05) is 32.6 Å². The van der Waals surface area contributed by atoms with Crippen LogP contribution in [-0.4, -0.2) is 61.9 Å². The molecule has 1 aliphatic heterocycles. The van der Waals surface area contributed by atoms with Crippen LogP contribution in [0.25, 0.3) is 0 Å². The summed E-state index contributed by atoms with van der Waals surface area (Å²) in [6.07, 6.45) is 6.45. The number of piperidine rings is 1. The number of furan rings is 1. The van der Waals surface area contributed by atoms with E-state index in [0.717, 1.165) is 38.9 Å². The highest BCUT2D eigenvalue weighted by Crippen LogP contribution is 2.52. The van der Waals surface area contributed by atoms with Crippen molar-refractivity contribution < 1.29 is 14.0 Å². The van der Waals surface area contributed by atoms with E-state index in [0.29, 0.717) is 18.5 Å². The van der Waals surface area contributed by atoms with Crippen molar-refractivity contribution in [2.75, 3.05) is 40.3 Å². The van der Waals surface area contributed by atoms with Crippen LogP contribution >= 0.6 is 0 Å². The summed E-state index contributed by atoms with van der Waals surface area (Å²) in [5.74, 6) is 0.416. The highest BCUT2D eigenvalue weighted by atomic mass is 16.3. The summed E-state index contributed by atoms with van der Waals surface area (Å²) < 4.78 is 5.07. The number of hydrogen-bond acceptors (Lipinski definition) is 4. The van der Waals surface area contributed by atoms with Crippen LogP contribution in [0.5, 0.6) is 0 Å². The van der Waals surface area contributed by atoms with Gasteiger partial charge in [-0.1, -0.05) is 24.3 Å². The molecule has 0 unspecified atom stereocenters. The predicted octanol–water partition coefficient (Wildman–Crippen LogP) is 3.01. The first-order chi connectivity index (χ1) is 14.5. The summed E-state index contributed by atoms with van der Waals surface area (Å²) in [7, 11) is 4.01. The lowest BCUT2D eigenvalue weighted by Crippen LogP contribution is -2.44. The fourth-order valence-electron chi connectivity index (χ4n) is 5.10. The van der Waals surface area contributed by atoms with Crippen LogP contribution in [0, 0.1) is 0 Å². The first kappa shape index (κ1) is 20.7. The molecular weight excluding hydrogens is 378 g/mol. The minimum Gasteiger partial charge on any atom is -0.472 e. The van der Waals surface area contributed by atoms with Gasteiger partial charge in [-0.15, -0.1) is 0 Å². The molecule has 0 saturated carbocycles. The van der Waals surface area contributed by atoms with Crippen molar-refractivity contribution in [2.45, 2.75) is 37.0 Å². The average Bonchev–Trinajstić information content (AvgIpc) is 3.36. The smallest absolute Gasteiger partial charge is 0.257 e. The second kappa shape index (κ2) is 8.64. The molecule has 1 aromatic carbocycles. The monoisotopic (exact) mass is 409 g/mol. The van der Waals surface area contributed by atoms with Crippen LogP contribution in [0.2, 0.25) is 0 Å². The SMILES string of the molecule is CN(C)CCNC(=O)C[C@@H]1CC2(CCN(C(=O)c3ccoc3)CC2)c2ccccc21. The number of amides is 2. The molecule has 1 saturated heterocycles. The van der Waals surface area contributed by atoms with Gasteiger partial charge in [-0.2, -0.15) is 0 Å². The standard InChI is InChI=1S/C24H31N3O3/c1-26(2)13-10-25-22(28)15-19-16-24(21-6-4-3-5-20(19)21)8-11-27(12-9-24)23(29)18-7-14-30-17-18/h3-7,14,17,19H,8-13,15-16H2,1-2H3,(H,25,28)/t19-/m1/s1. The number of likely N-dealkylation sites (N-methyl/N-ethyl adjacent to an activating group) is 1. The van der Waals surface area contributed by atoms with E-state index in [-0.39, 0.29) is 23.1 Å². The van der Waals surface area contributed by atoms with E-state index < -0.39 is 0 Å². The van der Waals surface area contributed by atoms with Gasteiger partial charge in [-0.05, 0) is 61.9 Å². The van der Waals surface area contributed by atoms with Gasteiger partial charge in [0.2, 0.25) is 5.91 Å². The van der Waals surface area contributed by atoms with Crippen LogP contribution in [-0.2, 0) is 10.2 Å². The Morgan fingerprint density at radius 2 is 1.97 bits per heavy atom. The largest absolute Gasteiger partial charge is 0.472 e. The summed E-state index contributed by atoms with van der Waals surface area (Å²) in [5.41, 5.74) is 3.38. The number of carbonyl (C=O) groups excluding carboxylic acids is 2. The van der Waals surface area contributed by atoms with Crippen LogP contribution in [0.1, 0.15) is 53.1 Å². The molecular formula is C24H31N3O3. The molecule has 6 nitrogen and oxygen atoms in total. The number of nitrogens with zero attached hydrogens (tertiary/aromatic N) is 2. The quantitative estimate of drug-likeness (QED) is 0.797. The normalized spacial score (nSPS) is 19.8. The van der Waals surface area contributed by atoms with E-state index in [9.17, 15) is 9.59 Å². The van der Waals surface area contributed by atoms with Crippen LogP contribution < -0.4 is 5.32 Å². The Balaban J connectivity index is 1.43. The number of hydrogen-bond donors (Lipinski definition) is 1. The molecule has 1 fully saturated rings. The molecule has 30 heavy (non-hydrogen) atoms. The second-order valence-corrected chi connectivity index (χ2v) is 8.93. The Kier molecular flexibility index (Phi) is 5.95. The summed E-state index contributed by atoms with van der Waals surface area (Å²) in [6.45, 7) is 2.99. The number of likely N-dealkylation sites (tertiary alicyclic amines) is 1. The Morgan fingerprint density at radius 3 is 2.67 bits per heavy atom. The van der Waals surface area contributed by atoms with Gasteiger partial charge < -0.3 is 19.5 Å². The number of rotatable bonds is 6. The minimum absolute atomic E-state index is 0.0432. The molecule has 2 heterocycles. The van der Waals surface area contributed by atoms with Crippen molar-refractivity contribution in [3.63, 3.8) is 0 Å². The third-order valence-corrected chi connectivity index (χ3v) is 6.70. The highest BCUT2D eigenvalue weighted by Gasteiger charge is 2.46. The van der Waals surface area contributed by atoms with Gasteiger partial charge in [0.25, 0.3) is 5.91 Å². The number of fused-ring (bicyclic) bond motifs is 2. The van der Waals surface area contributed by atoms with E-state index in [2.05, 4.69) is 34.5 Å². The molecule has 1 N–H and O–H groups in total. The number of carbonyl (C=O) groups is 2. The van der Waals surface area contributed by atoms with E-state index in [1.807, 2.05) is 19.0 Å². The van der Waals surface area contributed by atoms with Gasteiger partial charge in [-0.3, -0.25) is 9.59 Å². The number of benzene rings is 1. The molecule has 1 aliphatic carbocycles. The molecule has 1 aromatic heterocycles. The van der Waals surface area contributed by atoms with Crippen molar-refractivity contribution in [2.24, 2.45) is 0 Å². The Hall–Kier alpha value is -2.60. The minimum atomic E-state index is 0.0432. The third kappa shape index (κ3) is 4.15. The van der Waals surface area contributed by atoms with Crippen LogP contribution in [0.3, 0.4) is 0 Å². The fraction of sp³-hybridized carbons (Fsp3) is 0.500. The zero-order valence-corrected chi connectivity index (χ0v) is 17.9. The van der Waals surface area contributed by atoms with Crippen LogP contribution in [0.15, 0.2) is 47.3 Å². The van der Waals surface area contributed by atoms with Crippen LogP contribution in [0.4, 0.5) is 0 Å². The van der Waals surface area contributed by atoms with Gasteiger partial charge in [0.1, 0.15) is 6.26 Å². The fourth-order valence-corrected chi connectivity index (χ4v) is 5.10. The molecule has 0 radical (unpaired) electrons. The van der Waals surface area contributed by atoms with E-state index in [4.69, 9.17) is 4.42 Å². The van der Waals surface area contributed by atoms with Gasteiger partial charge >= 0.3 is 0 Å². The zero-order chi connectivity index (χ0) is 21.1. The maximum atomic E-state index is 12.7. The van der Waals surface area contributed by atoms with Gasteiger partial charge in [-0.25, -0.2) is 0 Å². The van der Waals surface area contributed by atoms with Gasteiger partial charge in [0.05, 0.1) is 11.8 Å². The van der Waals surface area contributed by atoms with E-state index in [1.54, 1.807) is 12.3 Å². The van der Waals surface area contributed by atoms with Crippen molar-refractivity contribution >= 4 is 11.8 Å². The molecule has 160 valence electrons. The molecule has 6 heteroatoms. The summed E-state index contributed by atoms with van der Waals surface area (Å²) in [4.78, 5) is 29.2. The molecule has 2 amide bonds. The lowest BCUT2D eigenvalue weighted by molar-refractivity contribution is -0.121. The molecule has 2 aliphatic rings. The Labute approximate surface area is 178 Å². The molecule has 1 atom stereocenters. The van der Waals surface area contributed by atoms with Crippen molar-refractivity contribution in [1.29, 1.82) is 0 Å². The summed E-state index contributed by atoms with van der Waals surface area (Å²) in [6, 6.07) is 10.3. The predicted molar refractivity (Wildman–Crippen MR) is 116 cm³/mol. The summed E-state index contributed by atoms with van der Waals surface area (Å²) in [5, 5.41) is 3.06. The average molecular weight is 410 g/mol. The molecule has 2 aromatic rings. The first-order valence-electron chi connectivity index (χ1n) is 10.8. The van der Waals surface area contributed by atoms with Gasteiger partial charge in [0.15, 0.2) is 0 Å². The lowest BCUT2D eigenvalue weighted by Gasteiger charge is -2.40. The maximum absolute atomic E-state index is 12.7. The second-order valence-electron chi connectivity index (χ2n) is 8.93. The molecule has 1 spiro atoms. The van der Waals surface area contributed by atoms with Crippen molar-refractivity contribution in [1.82, 2.24) is 15.1 Å².